The number of rotatable bonds is 9. The van der Waals surface area contributed by atoms with Gasteiger partial charge in [-0.05, 0) is 48.8 Å². The van der Waals surface area contributed by atoms with Crippen molar-refractivity contribution in [1.82, 2.24) is 20.4 Å². The van der Waals surface area contributed by atoms with Crippen molar-refractivity contribution < 1.29 is 9.47 Å². The number of hydrogen-bond acceptors (Lipinski definition) is 4. The molecule has 2 aromatic rings. The topological polar surface area (TPSA) is 60.3 Å². The van der Waals surface area contributed by atoms with E-state index in [1.165, 1.54) is 5.56 Å². The third-order valence-corrected chi connectivity index (χ3v) is 3.84. The van der Waals surface area contributed by atoms with E-state index >= 15 is 0 Å². The van der Waals surface area contributed by atoms with Crippen molar-refractivity contribution >= 4 is 17.3 Å². The fraction of sp³-hybridized carbons (Fsp3) is 0.412. The molecule has 2 rings (SSSR count). The lowest BCUT2D eigenvalue weighted by Gasteiger charge is -2.12. The third kappa shape index (κ3) is 5.73. The van der Waals surface area contributed by atoms with Crippen molar-refractivity contribution in [3.8, 4) is 11.5 Å². The summed E-state index contributed by atoms with van der Waals surface area (Å²) in [6.45, 7) is 2.47. The first kappa shape index (κ1) is 18.1. The predicted molar refractivity (Wildman–Crippen MR) is 98.7 cm³/mol. The minimum Gasteiger partial charge on any atom is -0.493 e. The van der Waals surface area contributed by atoms with Gasteiger partial charge in [0.2, 0.25) is 0 Å². The van der Waals surface area contributed by atoms with Gasteiger partial charge in [-0.25, -0.2) is 0 Å². The molecule has 0 radical (unpaired) electrons. The molecule has 0 fully saturated rings. The largest absolute Gasteiger partial charge is 0.493 e. The Balaban J connectivity index is 1.63. The van der Waals surface area contributed by atoms with E-state index in [9.17, 15) is 0 Å². The lowest BCUT2D eigenvalue weighted by atomic mass is 10.1. The zero-order valence-corrected chi connectivity index (χ0v) is 14.9. The highest BCUT2D eigenvalue weighted by Gasteiger charge is 2.04. The summed E-state index contributed by atoms with van der Waals surface area (Å²) >= 11 is 5.28. The number of hydrogen-bond donors (Lipinski definition) is 2. The highest BCUT2D eigenvalue weighted by molar-refractivity contribution is 7.80. The fourth-order valence-electron chi connectivity index (χ4n) is 2.29. The van der Waals surface area contributed by atoms with E-state index in [2.05, 4.69) is 15.7 Å². The molecule has 0 saturated carbocycles. The van der Waals surface area contributed by atoms with Crippen LogP contribution in [0.1, 0.15) is 12.0 Å². The molecule has 0 aliphatic rings. The maximum atomic E-state index is 5.31. The summed E-state index contributed by atoms with van der Waals surface area (Å²) in [4.78, 5) is 0. The van der Waals surface area contributed by atoms with Crippen LogP contribution in [0.4, 0.5) is 0 Å². The number of methoxy groups -OCH3 is 2. The molecule has 24 heavy (non-hydrogen) atoms. The summed E-state index contributed by atoms with van der Waals surface area (Å²) < 4.78 is 12.5. The van der Waals surface area contributed by atoms with Gasteiger partial charge in [-0.15, -0.1) is 0 Å². The summed E-state index contributed by atoms with van der Waals surface area (Å²) in [7, 11) is 3.28. The minimum absolute atomic E-state index is 0.677. The van der Waals surface area contributed by atoms with Gasteiger partial charge in [0, 0.05) is 32.0 Å². The molecular weight excluding hydrogens is 324 g/mol. The average Bonchev–Trinajstić information content (AvgIpc) is 3.12. The second-order valence-electron chi connectivity index (χ2n) is 5.24. The quantitative estimate of drug-likeness (QED) is 0.534. The van der Waals surface area contributed by atoms with Crippen molar-refractivity contribution in [1.29, 1.82) is 0 Å². The Morgan fingerprint density at radius 1 is 1.17 bits per heavy atom. The van der Waals surface area contributed by atoms with Crippen molar-refractivity contribution in [3.05, 3.63) is 42.2 Å². The Hall–Kier alpha value is -2.28. The van der Waals surface area contributed by atoms with Crippen LogP contribution < -0.4 is 20.1 Å². The molecule has 2 N–H and O–H groups in total. The van der Waals surface area contributed by atoms with Gasteiger partial charge < -0.3 is 20.1 Å². The summed E-state index contributed by atoms with van der Waals surface area (Å²) in [5.41, 5.74) is 1.17. The number of thiocarbonyl (C=S) groups is 1. The van der Waals surface area contributed by atoms with Crippen molar-refractivity contribution in [2.75, 3.05) is 27.3 Å². The van der Waals surface area contributed by atoms with Gasteiger partial charge in [0.15, 0.2) is 16.6 Å². The summed E-state index contributed by atoms with van der Waals surface area (Å²) in [6.07, 6.45) is 5.57. The van der Waals surface area contributed by atoms with Crippen molar-refractivity contribution in [2.24, 2.45) is 0 Å². The smallest absolute Gasteiger partial charge is 0.166 e. The molecule has 0 bridgehead atoms. The maximum absolute atomic E-state index is 5.31. The van der Waals surface area contributed by atoms with E-state index in [1.54, 1.807) is 20.4 Å². The Bertz CT molecular complexity index is 632. The second kappa shape index (κ2) is 9.77. The number of nitrogens with one attached hydrogen (secondary N) is 2. The monoisotopic (exact) mass is 348 g/mol. The van der Waals surface area contributed by atoms with E-state index in [0.717, 1.165) is 44.0 Å². The average molecular weight is 348 g/mol. The van der Waals surface area contributed by atoms with Crippen molar-refractivity contribution in [2.45, 2.75) is 19.4 Å². The van der Waals surface area contributed by atoms with Crippen LogP contribution in [0.3, 0.4) is 0 Å². The van der Waals surface area contributed by atoms with Crippen molar-refractivity contribution in [3.63, 3.8) is 0 Å². The van der Waals surface area contributed by atoms with E-state index in [0.29, 0.717) is 5.11 Å². The van der Waals surface area contributed by atoms with Crippen LogP contribution in [0.2, 0.25) is 0 Å². The summed E-state index contributed by atoms with van der Waals surface area (Å²) in [5, 5.41) is 11.3. The second-order valence-corrected chi connectivity index (χ2v) is 5.65. The number of aromatic nitrogens is 2. The molecule has 0 unspecified atom stereocenters. The zero-order chi connectivity index (χ0) is 17.2. The van der Waals surface area contributed by atoms with Crippen LogP contribution in [0.15, 0.2) is 36.7 Å². The van der Waals surface area contributed by atoms with Gasteiger partial charge >= 0.3 is 0 Å². The molecule has 0 atom stereocenters. The van der Waals surface area contributed by atoms with Gasteiger partial charge in [-0.3, -0.25) is 4.68 Å². The maximum Gasteiger partial charge on any atom is 0.166 e. The lowest BCUT2D eigenvalue weighted by molar-refractivity contribution is 0.354. The summed E-state index contributed by atoms with van der Waals surface area (Å²) in [6, 6.07) is 7.86. The standard InChI is InChI=1S/C17H24N4O2S/c1-22-15-6-5-14(13-16(15)23-2)7-10-19-17(24)18-8-3-11-21-12-4-9-20-21/h4-6,9,12-13H,3,7-8,10-11H2,1-2H3,(H2,18,19,24). The molecule has 0 amide bonds. The first-order valence-electron chi connectivity index (χ1n) is 7.93. The number of aryl methyl sites for hydroxylation is 1. The molecule has 7 heteroatoms. The fourth-order valence-corrected chi connectivity index (χ4v) is 2.50. The highest BCUT2D eigenvalue weighted by Crippen LogP contribution is 2.27. The molecule has 1 aromatic heterocycles. The van der Waals surface area contributed by atoms with E-state index in [4.69, 9.17) is 21.7 Å². The van der Waals surface area contributed by atoms with E-state index < -0.39 is 0 Å². The molecule has 0 spiro atoms. The van der Waals surface area contributed by atoms with Crippen LogP contribution in [-0.2, 0) is 13.0 Å². The number of nitrogens with zero attached hydrogens (tertiary/aromatic N) is 2. The summed E-state index contributed by atoms with van der Waals surface area (Å²) in [5.74, 6) is 1.48. The predicted octanol–water partition coefficient (Wildman–Crippen LogP) is 2.00. The Labute approximate surface area is 148 Å². The third-order valence-electron chi connectivity index (χ3n) is 3.56. The normalized spacial score (nSPS) is 10.2. The Morgan fingerprint density at radius 3 is 2.67 bits per heavy atom. The SMILES string of the molecule is COc1ccc(CCNC(=S)NCCCn2cccn2)cc1OC. The van der Waals surface area contributed by atoms with Gasteiger partial charge in [-0.1, -0.05) is 6.07 Å². The van der Waals surface area contributed by atoms with Crippen LogP contribution in [0, 0.1) is 0 Å². The number of benzene rings is 1. The first-order valence-corrected chi connectivity index (χ1v) is 8.34. The molecular formula is C17H24N4O2S. The van der Waals surface area contributed by atoms with Crippen LogP contribution in [-0.4, -0.2) is 42.2 Å². The molecule has 6 nitrogen and oxygen atoms in total. The van der Waals surface area contributed by atoms with Gasteiger partial charge in [0.05, 0.1) is 14.2 Å². The first-order chi connectivity index (χ1) is 11.7. The van der Waals surface area contributed by atoms with E-state index in [1.807, 2.05) is 35.1 Å². The zero-order valence-electron chi connectivity index (χ0n) is 14.1. The van der Waals surface area contributed by atoms with Gasteiger partial charge in [0.1, 0.15) is 0 Å². The molecule has 130 valence electrons. The molecule has 0 aliphatic heterocycles. The number of ether oxygens (including phenoxy) is 2. The van der Waals surface area contributed by atoms with Crippen LogP contribution in [0.25, 0.3) is 0 Å². The van der Waals surface area contributed by atoms with E-state index in [-0.39, 0.29) is 0 Å². The Morgan fingerprint density at radius 2 is 1.96 bits per heavy atom. The van der Waals surface area contributed by atoms with Crippen LogP contribution in [0.5, 0.6) is 11.5 Å². The molecule has 0 saturated heterocycles. The minimum atomic E-state index is 0.677. The van der Waals surface area contributed by atoms with Gasteiger partial charge in [0.25, 0.3) is 0 Å². The lowest BCUT2D eigenvalue weighted by Crippen LogP contribution is -2.37. The molecule has 0 aliphatic carbocycles. The Kier molecular flexibility index (Phi) is 7.35. The highest BCUT2D eigenvalue weighted by atomic mass is 32.1. The molecule has 1 heterocycles. The molecule has 1 aromatic carbocycles. The van der Waals surface area contributed by atoms with Crippen LogP contribution >= 0.6 is 12.2 Å². The van der Waals surface area contributed by atoms with Gasteiger partial charge in [-0.2, -0.15) is 5.10 Å².